The molecule has 0 unspecified atom stereocenters. The summed E-state index contributed by atoms with van der Waals surface area (Å²) in [6.45, 7) is -0.395. The van der Waals surface area contributed by atoms with Crippen molar-refractivity contribution in [1.82, 2.24) is 14.8 Å². The van der Waals surface area contributed by atoms with Gasteiger partial charge in [0, 0.05) is 20.1 Å². The minimum Gasteiger partial charge on any atom is -0.451 e. The van der Waals surface area contributed by atoms with Crippen molar-refractivity contribution >= 4 is 43.6 Å². The third kappa shape index (κ3) is 4.98. The number of benzene rings is 3. The molecule has 0 saturated carbocycles. The number of Topliss-reactive ketones (excluding diaryl/α,β-unsaturated/α-hetero) is 1. The van der Waals surface area contributed by atoms with Crippen LogP contribution in [-0.4, -0.2) is 33.1 Å². The molecule has 0 amide bonds. The number of carbonyl (C=O) groups is 2. The second-order valence-corrected chi connectivity index (χ2v) is 8.35. The van der Waals surface area contributed by atoms with Crippen molar-refractivity contribution < 1.29 is 14.3 Å². The quantitative estimate of drug-likeness (QED) is 0.238. The van der Waals surface area contributed by atoms with Crippen LogP contribution >= 0.6 is 31.9 Å². The molecule has 0 aliphatic heterocycles. The highest BCUT2D eigenvalue weighted by molar-refractivity contribution is 9.10. The van der Waals surface area contributed by atoms with Gasteiger partial charge in [-0.2, -0.15) is 0 Å². The highest BCUT2D eigenvalue weighted by atomic mass is 79.9. The van der Waals surface area contributed by atoms with Crippen LogP contribution < -0.4 is 0 Å². The highest BCUT2D eigenvalue weighted by Gasteiger charge is 2.21. The first-order valence-electron chi connectivity index (χ1n) is 9.25. The van der Waals surface area contributed by atoms with Crippen LogP contribution in [0.4, 0.5) is 0 Å². The smallest absolute Gasteiger partial charge is 0.378 e. The minimum absolute atomic E-state index is 0.120. The summed E-state index contributed by atoms with van der Waals surface area (Å²) in [5.74, 6) is -0.703. The van der Waals surface area contributed by atoms with Crippen LogP contribution in [0.15, 0.2) is 87.8 Å². The zero-order chi connectivity index (χ0) is 21.8. The number of halogens is 2. The Bertz CT molecular complexity index is 1220. The van der Waals surface area contributed by atoms with E-state index in [0.29, 0.717) is 11.4 Å². The average Bonchev–Trinajstić information content (AvgIpc) is 3.24. The second kappa shape index (κ2) is 9.36. The zero-order valence-electron chi connectivity index (χ0n) is 16.0. The van der Waals surface area contributed by atoms with Crippen molar-refractivity contribution in [2.24, 2.45) is 0 Å². The third-order valence-corrected chi connectivity index (χ3v) is 5.45. The minimum atomic E-state index is -0.765. The number of rotatable bonds is 6. The van der Waals surface area contributed by atoms with Gasteiger partial charge in [-0.1, -0.05) is 74.3 Å². The van der Waals surface area contributed by atoms with E-state index >= 15 is 0 Å². The molecule has 0 atom stereocenters. The Kier molecular flexibility index (Phi) is 6.39. The van der Waals surface area contributed by atoms with Crippen molar-refractivity contribution in [1.29, 1.82) is 0 Å². The maximum atomic E-state index is 12.6. The van der Waals surface area contributed by atoms with Gasteiger partial charge in [-0.05, 0) is 36.4 Å². The Labute approximate surface area is 195 Å². The molecule has 0 spiro atoms. The first-order valence-corrected chi connectivity index (χ1v) is 10.8. The van der Waals surface area contributed by atoms with Crippen molar-refractivity contribution in [3.8, 4) is 17.1 Å². The number of ether oxygens (including phenoxy) is 1. The zero-order valence-corrected chi connectivity index (χ0v) is 19.2. The summed E-state index contributed by atoms with van der Waals surface area (Å²) in [5.41, 5.74) is 1.98. The molecule has 154 valence electrons. The summed E-state index contributed by atoms with van der Waals surface area (Å²) in [5, 5.41) is 4.34. The van der Waals surface area contributed by atoms with Crippen LogP contribution in [0.25, 0.3) is 17.1 Å². The van der Waals surface area contributed by atoms with E-state index in [9.17, 15) is 9.59 Å². The molecule has 0 saturated heterocycles. The molecule has 31 heavy (non-hydrogen) atoms. The molecule has 0 N–H and O–H groups in total. The average molecular weight is 541 g/mol. The number of carbonyl (C=O) groups excluding carboxylic acids is 2. The van der Waals surface area contributed by atoms with E-state index in [0.717, 1.165) is 20.2 Å². The number of nitrogens with zero attached hydrogens (tertiary/aromatic N) is 3. The fourth-order valence-electron chi connectivity index (χ4n) is 2.85. The van der Waals surface area contributed by atoms with E-state index in [1.54, 1.807) is 28.9 Å². The molecule has 4 rings (SSSR count). The van der Waals surface area contributed by atoms with Crippen LogP contribution in [0.3, 0.4) is 0 Å². The second-order valence-electron chi connectivity index (χ2n) is 6.52. The maximum Gasteiger partial charge on any atom is 0.378 e. The van der Waals surface area contributed by atoms with E-state index in [1.807, 2.05) is 54.6 Å². The molecule has 0 fully saturated rings. The first kappa shape index (κ1) is 21.1. The monoisotopic (exact) mass is 539 g/mol. The Morgan fingerprint density at radius 2 is 1.45 bits per heavy atom. The molecule has 0 bridgehead atoms. The van der Waals surface area contributed by atoms with E-state index < -0.39 is 12.6 Å². The lowest BCUT2D eigenvalue weighted by molar-refractivity contribution is 0.0462. The molecule has 0 aliphatic rings. The summed E-state index contributed by atoms with van der Waals surface area (Å²) in [7, 11) is 0. The van der Waals surface area contributed by atoms with E-state index in [2.05, 4.69) is 41.9 Å². The van der Waals surface area contributed by atoms with Crippen LogP contribution in [0.1, 0.15) is 21.0 Å². The number of aromatic nitrogens is 3. The lowest BCUT2D eigenvalue weighted by atomic mass is 10.1. The molecule has 6 nitrogen and oxygen atoms in total. The van der Waals surface area contributed by atoms with Crippen LogP contribution in [0.5, 0.6) is 0 Å². The van der Waals surface area contributed by atoms with Gasteiger partial charge in [0.05, 0.1) is 5.69 Å². The van der Waals surface area contributed by atoms with Gasteiger partial charge in [-0.25, -0.2) is 14.5 Å². The Morgan fingerprint density at radius 1 is 0.839 bits per heavy atom. The number of para-hydroxylation sites is 1. The molecule has 1 heterocycles. The molecule has 0 radical (unpaired) electrons. The van der Waals surface area contributed by atoms with Crippen molar-refractivity contribution in [3.63, 3.8) is 0 Å². The number of hydrogen-bond donors (Lipinski definition) is 0. The van der Waals surface area contributed by atoms with Gasteiger partial charge in [0.25, 0.3) is 5.82 Å². The fourth-order valence-corrected chi connectivity index (χ4v) is 3.38. The summed E-state index contributed by atoms with van der Waals surface area (Å²) in [4.78, 5) is 29.3. The SMILES string of the molecule is O=C(COC(=O)c1nc(-c2ccc(Br)cc2)n(-c2ccccc2)n1)c1ccc(Br)cc1. The summed E-state index contributed by atoms with van der Waals surface area (Å²) >= 11 is 6.74. The topological polar surface area (TPSA) is 74.1 Å². The number of ketones is 1. The van der Waals surface area contributed by atoms with Gasteiger partial charge >= 0.3 is 5.97 Å². The van der Waals surface area contributed by atoms with Crippen molar-refractivity contribution in [3.05, 3.63) is 99.2 Å². The number of esters is 1. The molecule has 0 aliphatic carbocycles. The normalized spacial score (nSPS) is 10.6. The number of hydrogen-bond acceptors (Lipinski definition) is 5. The first-order chi connectivity index (χ1) is 15.0. The third-order valence-electron chi connectivity index (χ3n) is 4.39. The summed E-state index contributed by atoms with van der Waals surface area (Å²) in [6, 6.07) is 23.7. The van der Waals surface area contributed by atoms with Crippen molar-refractivity contribution in [2.45, 2.75) is 0 Å². The molecule has 4 aromatic rings. The molecule has 1 aromatic heterocycles. The van der Waals surface area contributed by atoms with Crippen molar-refractivity contribution in [2.75, 3.05) is 6.61 Å². The van der Waals surface area contributed by atoms with Gasteiger partial charge in [0.15, 0.2) is 18.2 Å². The van der Waals surface area contributed by atoms with Gasteiger partial charge in [0.2, 0.25) is 0 Å². The molecule has 3 aromatic carbocycles. The fraction of sp³-hybridized carbons (Fsp3) is 0.0435. The van der Waals surface area contributed by atoms with E-state index in [-0.39, 0.29) is 11.6 Å². The lowest BCUT2D eigenvalue weighted by Gasteiger charge is -2.05. The lowest BCUT2D eigenvalue weighted by Crippen LogP contribution is -2.15. The predicted molar refractivity (Wildman–Crippen MR) is 123 cm³/mol. The Morgan fingerprint density at radius 3 is 2.10 bits per heavy atom. The molecular weight excluding hydrogens is 526 g/mol. The highest BCUT2D eigenvalue weighted by Crippen LogP contribution is 2.23. The summed E-state index contributed by atoms with van der Waals surface area (Å²) in [6.07, 6.45) is 0. The van der Waals surface area contributed by atoms with Gasteiger partial charge in [-0.15, -0.1) is 5.10 Å². The van der Waals surface area contributed by atoms with Crippen LogP contribution in [-0.2, 0) is 4.74 Å². The standard InChI is InChI=1S/C23H15Br2N3O3/c24-17-10-6-15(7-11-17)20(29)14-31-23(30)21-26-22(16-8-12-18(25)13-9-16)28(27-21)19-4-2-1-3-5-19/h1-13H,14H2. The predicted octanol–water partition coefficient (Wildman–Crippen LogP) is 5.50. The van der Waals surface area contributed by atoms with Crippen LogP contribution in [0, 0.1) is 0 Å². The Balaban J connectivity index is 1.59. The van der Waals surface area contributed by atoms with Crippen LogP contribution in [0.2, 0.25) is 0 Å². The van der Waals surface area contributed by atoms with E-state index in [4.69, 9.17) is 4.74 Å². The van der Waals surface area contributed by atoms with Gasteiger partial charge < -0.3 is 4.74 Å². The maximum absolute atomic E-state index is 12.6. The van der Waals surface area contributed by atoms with Gasteiger partial charge in [0.1, 0.15) is 0 Å². The largest absolute Gasteiger partial charge is 0.451 e. The molecule has 8 heteroatoms. The molecular formula is C23H15Br2N3O3. The van der Waals surface area contributed by atoms with Gasteiger partial charge in [-0.3, -0.25) is 4.79 Å². The Hall–Kier alpha value is -3.10. The van der Waals surface area contributed by atoms with E-state index in [1.165, 1.54) is 0 Å². The summed E-state index contributed by atoms with van der Waals surface area (Å²) < 4.78 is 8.55.